The third-order valence-electron chi connectivity index (χ3n) is 0.622. The molecule has 0 fully saturated rings. The molecule has 0 aliphatic heterocycles. The molecule has 0 bridgehead atoms. The summed E-state index contributed by atoms with van der Waals surface area (Å²) in [4.78, 5) is 0. The zero-order valence-corrected chi connectivity index (χ0v) is 8.65. The molecule has 0 nitrogen and oxygen atoms in total. The maximum atomic E-state index is 11.7. The molecule has 5 heteroatoms. The quantitative estimate of drug-likeness (QED) is 0.311. The van der Waals surface area contributed by atoms with E-state index in [4.69, 9.17) is 0 Å². The summed E-state index contributed by atoms with van der Waals surface area (Å²) < 4.78 is 11.7. The van der Waals surface area contributed by atoms with E-state index in [2.05, 4.69) is 0 Å². The van der Waals surface area contributed by atoms with Crippen LogP contribution in [0.3, 0.4) is 0 Å². The van der Waals surface area contributed by atoms with Gasteiger partial charge in [0.2, 0.25) is 0 Å². The van der Waals surface area contributed by atoms with Gasteiger partial charge in [0.05, 0.1) is 0 Å². The topological polar surface area (TPSA) is 0 Å². The summed E-state index contributed by atoms with van der Waals surface area (Å²) in [6, 6.07) is 6.16. The molecule has 1 aromatic rings. The number of halogens is 4. The van der Waals surface area contributed by atoms with Crippen molar-refractivity contribution in [2.24, 2.45) is 0 Å². The normalized spacial score (nSPS) is 5.30. The van der Waals surface area contributed by atoms with Crippen LogP contribution in [0, 0.1) is 5.82 Å². The van der Waals surface area contributed by atoms with Gasteiger partial charge in [-0.05, 0) is 0 Å². The summed E-state index contributed by atoms with van der Waals surface area (Å²) in [7, 11) is 0. The fourth-order valence-corrected chi connectivity index (χ4v) is 0.351. The Morgan fingerprint density at radius 2 is 1.20 bits per heavy atom. The van der Waals surface area contributed by atoms with E-state index in [-0.39, 0.29) is 64.8 Å². The van der Waals surface area contributed by atoms with Crippen LogP contribution in [0.15, 0.2) is 24.3 Å². The monoisotopic (exact) mass is 236 g/mol. The molecule has 0 aliphatic rings. The van der Waals surface area contributed by atoms with E-state index in [9.17, 15) is 4.39 Å². The van der Waals surface area contributed by atoms with Gasteiger partial charge in [-0.15, -0.1) is 12.1 Å². The van der Waals surface area contributed by atoms with Crippen LogP contribution in [0.1, 0.15) is 0 Å². The molecule has 0 heterocycles. The van der Waals surface area contributed by atoms with Crippen molar-refractivity contribution < 1.29 is 63.3 Å². The van der Waals surface area contributed by atoms with E-state index in [0.717, 1.165) is 0 Å². The van der Waals surface area contributed by atoms with Gasteiger partial charge in [-0.2, -0.15) is 0 Å². The molecule has 0 N–H and O–H groups in total. The SMILES string of the molecule is F[c-]1cccc1.[Cl-].[Cl-].[Cl-].[Ti+4]. The summed E-state index contributed by atoms with van der Waals surface area (Å²) in [5.41, 5.74) is 0. The molecule has 0 saturated carbocycles. The summed E-state index contributed by atoms with van der Waals surface area (Å²) in [6.07, 6.45) is 0. The van der Waals surface area contributed by atoms with E-state index in [1.54, 1.807) is 12.1 Å². The molecule has 0 aliphatic carbocycles. The fraction of sp³-hybridized carbons (Fsp3) is 0. The average Bonchev–Trinajstić information content (AvgIpc) is 1.86. The van der Waals surface area contributed by atoms with Crippen molar-refractivity contribution in [2.75, 3.05) is 0 Å². The molecule has 0 aromatic heterocycles. The van der Waals surface area contributed by atoms with Crippen LogP contribution < -0.4 is 37.2 Å². The Balaban J connectivity index is -0.0000000450. The second-order valence-corrected chi connectivity index (χ2v) is 1.10. The van der Waals surface area contributed by atoms with Crippen LogP contribution in [0.4, 0.5) is 4.39 Å². The predicted octanol–water partition coefficient (Wildman–Crippen LogP) is -7.45. The minimum atomic E-state index is -0.157. The summed E-state index contributed by atoms with van der Waals surface area (Å²) in [5.74, 6) is -0.157. The molecule has 56 valence electrons. The smallest absolute Gasteiger partial charge is 1.00 e. The van der Waals surface area contributed by atoms with Gasteiger partial charge in [0.15, 0.2) is 0 Å². The first-order chi connectivity index (χ1) is 2.89. The Morgan fingerprint density at radius 1 is 0.900 bits per heavy atom. The largest absolute Gasteiger partial charge is 4.00 e. The van der Waals surface area contributed by atoms with Gasteiger partial charge in [0.25, 0.3) is 0 Å². The third kappa shape index (κ3) is 8.86. The van der Waals surface area contributed by atoms with Crippen LogP contribution in [0.5, 0.6) is 0 Å². The average molecular weight is 237 g/mol. The minimum absolute atomic E-state index is 0. The Kier molecular flexibility index (Phi) is 28.1. The summed E-state index contributed by atoms with van der Waals surface area (Å²) in [5, 5.41) is 0. The van der Waals surface area contributed by atoms with Crippen molar-refractivity contribution in [1.82, 2.24) is 0 Å². The number of hydrogen-bond donors (Lipinski definition) is 0. The van der Waals surface area contributed by atoms with Gasteiger partial charge in [0.1, 0.15) is 0 Å². The van der Waals surface area contributed by atoms with E-state index in [0.29, 0.717) is 0 Å². The first-order valence-electron chi connectivity index (χ1n) is 1.77. The Labute approximate surface area is 93.1 Å². The Morgan fingerprint density at radius 3 is 1.30 bits per heavy atom. The first-order valence-corrected chi connectivity index (χ1v) is 1.77. The molecular formula is C5H4Cl3FTi. The fourth-order valence-electron chi connectivity index (χ4n) is 0.351. The van der Waals surface area contributed by atoms with Crippen LogP contribution >= 0.6 is 0 Å². The van der Waals surface area contributed by atoms with Crippen LogP contribution in [-0.4, -0.2) is 0 Å². The number of hydrogen-bond acceptors (Lipinski definition) is 0. The van der Waals surface area contributed by atoms with Crippen molar-refractivity contribution in [3.63, 3.8) is 0 Å². The molecule has 0 amide bonds. The third-order valence-corrected chi connectivity index (χ3v) is 0.622. The van der Waals surface area contributed by atoms with Crippen LogP contribution in [0.2, 0.25) is 0 Å². The minimum Gasteiger partial charge on any atom is -1.00 e. The number of rotatable bonds is 0. The molecule has 1 rings (SSSR count). The van der Waals surface area contributed by atoms with Crippen molar-refractivity contribution in [3.05, 3.63) is 30.1 Å². The van der Waals surface area contributed by atoms with E-state index in [1.165, 1.54) is 12.1 Å². The van der Waals surface area contributed by atoms with Crippen molar-refractivity contribution in [1.29, 1.82) is 0 Å². The zero-order chi connectivity index (χ0) is 4.41. The van der Waals surface area contributed by atoms with Crippen molar-refractivity contribution >= 4 is 0 Å². The Bertz CT molecular complexity index is 120. The molecular weight excluding hydrogens is 233 g/mol. The molecule has 0 spiro atoms. The van der Waals surface area contributed by atoms with E-state index < -0.39 is 0 Å². The zero-order valence-electron chi connectivity index (χ0n) is 4.82. The van der Waals surface area contributed by atoms with Crippen LogP contribution in [-0.2, 0) is 21.7 Å². The molecule has 10 heavy (non-hydrogen) atoms. The maximum Gasteiger partial charge on any atom is 4.00 e. The predicted molar refractivity (Wildman–Crippen MR) is 22.0 cm³/mol. The van der Waals surface area contributed by atoms with Crippen molar-refractivity contribution in [3.8, 4) is 0 Å². The van der Waals surface area contributed by atoms with Gasteiger partial charge in [0, 0.05) is 5.82 Å². The molecule has 0 saturated heterocycles. The molecule has 0 atom stereocenters. The van der Waals surface area contributed by atoms with E-state index in [1.807, 2.05) is 0 Å². The summed E-state index contributed by atoms with van der Waals surface area (Å²) in [6.45, 7) is 0. The van der Waals surface area contributed by atoms with Gasteiger partial charge in [-0.25, -0.2) is 12.1 Å². The Hall–Kier alpha value is 0.864. The van der Waals surface area contributed by atoms with E-state index >= 15 is 0 Å². The van der Waals surface area contributed by atoms with Crippen molar-refractivity contribution in [2.45, 2.75) is 0 Å². The molecule has 1 aromatic carbocycles. The molecule has 0 unspecified atom stereocenters. The standard InChI is InChI=1S/C5H4F.3ClH.Ti/c6-5-3-1-2-4-5;;;;/h1-4H;3*1H;/q-1;;;;+4/p-3. The van der Waals surface area contributed by atoms with Gasteiger partial charge in [-0.1, -0.05) is 0 Å². The van der Waals surface area contributed by atoms with Gasteiger partial charge in [-0.3, -0.25) is 4.39 Å². The first kappa shape index (κ1) is 22.4. The second-order valence-electron chi connectivity index (χ2n) is 1.10. The van der Waals surface area contributed by atoms with Crippen LogP contribution in [0.25, 0.3) is 0 Å². The van der Waals surface area contributed by atoms with Gasteiger partial charge >= 0.3 is 21.7 Å². The molecule has 0 radical (unpaired) electrons. The maximum absolute atomic E-state index is 11.7. The van der Waals surface area contributed by atoms with Gasteiger partial charge < -0.3 is 37.2 Å². The summed E-state index contributed by atoms with van der Waals surface area (Å²) >= 11 is 0. The second kappa shape index (κ2) is 12.5.